The Morgan fingerprint density at radius 1 is 0.853 bits per heavy atom. The van der Waals surface area contributed by atoms with E-state index in [-0.39, 0.29) is 5.56 Å². The van der Waals surface area contributed by atoms with Crippen LogP contribution < -0.4 is 5.32 Å². The van der Waals surface area contributed by atoms with Crippen LogP contribution >= 0.6 is 0 Å². The zero-order chi connectivity index (χ0) is 24.6. The van der Waals surface area contributed by atoms with Crippen LogP contribution in [0.15, 0.2) is 91.0 Å². The minimum atomic E-state index is -4.94. The molecule has 0 saturated heterocycles. The first kappa shape index (κ1) is 25.5. The van der Waals surface area contributed by atoms with Crippen LogP contribution in [0.2, 0.25) is 0 Å². The van der Waals surface area contributed by atoms with E-state index in [4.69, 9.17) is 4.74 Å². The summed E-state index contributed by atoms with van der Waals surface area (Å²) in [6.45, 7) is 3.22. The Hall–Kier alpha value is -3.16. The molecule has 3 rings (SSSR count). The van der Waals surface area contributed by atoms with Crippen molar-refractivity contribution < 1.29 is 22.7 Å². The number of halogens is 3. The average molecular weight is 471 g/mol. The van der Waals surface area contributed by atoms with Gasteiger partial charge in [0.25, 0.3) is 11.5 Å². The van der Waals surface area contributed by atoms with Crippen LogP contribution in [-0.2, 0) is 28.2 Å². The molecule has 0 unspecified atom stereocenters. The Morgan fingerprint density at radius 2 is 1.29 bits per heavy atom. The van der Waals surface area contributed by atoms with Gasteiger partial charge in [-0.05, 0) is 18.1 Å². The molecule has 0 bridgehead atoms. The summed E-state index contributed by atoms with van der Waals surface area (Å²) in [5.74, 6) is -1.24. The largest absolute Gasteiger partial charge is 0.430 e. The first-order valence-corrected chi connectivity index (χ1v) is 11.0. The number of benzene rings is 3. The van der Waals surface area contributed by atoms with Crippen LogP contribution in [0.1, 0.15) is 23.6 Å². The van der Waals surface area contributed by atoms with Crippen LogP contribution in [0.5, 0.6) is 0 Å². The van der Waals surface area contributed by atoms with E-state index in [1.165, 1.54) is 24.3 Å². The molecule has 0 spiro atoms. The van der Waals surface area contributed by atoms with Crippen LogP contribution in [0.4, 0.5) is 13.2 Å². The number of nitrogens with one attached hydrogen (secondary N) is 1. The van der Waals surface area contributed by atoms with E-state index in [1.807, 2.05) is 60.7 Å². The molecule has 0 heterocycles. The highest BCUT2D eigenvalue weighted by Crippen LogP contribution is 2.42. The van der Waals surface area contributed by atoms with E-state index in [9.17, 15) is 18.0 Å². The monoisotopic (exact) mass is 470 g/mol. The molecule has 4 nitrogen and oxygen atoms in total. The fraction of sp³-hybridized carbons (Fsp3) is 0.296. The van der Waals surface area contributed by atoms with E-state index in [2.05, 4.69) is 10.2 Å². The lowest BCUT2D eigenvalue weighted by molar-refractivity contribution is -0.266. The van der Waals surface area contributed by atoms with Crippen molar-refractivity contribution in [3.63, 3.8) is 0 Å². The number of hydrogen-bond acceptors (Lipinski definition) is 3. The third kappa shape index (κ3) is 6.04. The summed E-state index contributed by atoms with van der Waals surface area (Å²) < 4.78 is 47.5. The smallest absolute Gasteiger partial charge is 0.356 e. The van der Waals surface area contributed by atoms with Gasteiger partial charge in [0.2, 0.25) is 0 Å². The SMILES string of the molecule is CO[C@](C(=O)N[C@@H](C)CN(Cc1ccccc1)Cc1ccccc1)(c1ccccc1)C(F)(F)F. The number of alkyl halides is 3. The van der Waals surface area contributed by atoms with Gasteiger partial charge in [0.1, 0.15) is 0 Å². The summed E-state index contributed by atoms with van der Waals surface area (Å²) in [6.07, 6.45) is -4.94. The number of methoxy groups -OCH3 is 1. The first-order valence-electron chi connectivity index (χ1n) is 11.0. The molecule has 2 atom stereocenters. The minimum Gasteiger partial charge on any atom is -0.356 e. The van der Waals surface area contributed by atoms with Gasteiger partial charge >= 0.3 is 6.18 Å². The molecular weight excluding hydrogens is 441 g/mol. The Labute approximate surface area is 198 Å². The maximum Gasteiger partial charge on any atom is 0.430 e. The fourth-order valence-corrected chi connectivity index (χ4v) is 4.05. The Balaban J connectivity index is 1.80. The van der Waals surface area contributed by atoms with E-state index in [0.717, 1.165) is 18.2 Å². The van der Waals surface area contributed by atoms with Crippen LogP contribution in [0, 0.1) is 0 Å². The van der Waals surface area contributed by atoms with Crippen LogP contribution in [0.25, 0.3) is 0 Å². The van der Waals surface area contributed by atoms with Gasteiger partial charge in [0, 0.05) is 38.3 Å². The maximum absolute atomic E-state index is 14.2. The predicted octanol–water partition coefficient (Wildman–Crippen LogP) is 5.30. The van der Waals surface area contributed by atoms with Crippen molar-refractivity contribution in [1.29, 1.82) is 0 Å². The van der Waals surface area contributed by atoms with Crippen molar-refractivity contribution in [2.24, 2.45) is 0 Å². The molecule has 0 aliphatic heterocycles. The molecule has 1 amide bonds. The fourth-order valence-electron chi connectivity index (χ4n) is 4.05. The minimum absolute atomic E-state index is 0.264. The van der Waals surface area contributed by atoms with Gasteiger partial charge < -0.3 is 10.1 Å². The second-order valence-electron chi connectivity index (χ2n) is 8.26. The highest BCUT2D eigenvalue weighted by Gasteiger charge is 2.62. The van der Waals surface area contributed by atoms with Gasteiger partial charge in [-0.3, -0.25) is 9.69 Å². The molecule has 7 heteroatoms. The summed E-state index contributed by atoms with van der Waals surface area (Å²) in [5.41, 5.74) is -1.21. The van der Waals surface area contributed by atoms with Crippen molar-refractivity contribution in [3.05, 3.63) is 108 Å². The van der Waals surface area contributed by atoms with E-state index >= 15 is 0 Å². The number of ether oxygens (including phenoxy) is 1. The molecule has 3 aromatic rings. The van der Waals surface area contributed by atoms with E-state index in [1.54, 1.807) is 13.0 Å². The Bertz CT molecular complexity index is 989. The predicted molar refractivity (Wildman–Crippen MR) is 126 cm³/mol. The number of rotatable bonds is 10. The van der Waals surface area contributed by atoms with Crippen molar-refractivity contribution in [3.8, 4) is 0 Å². The lowest BCUT2D eigenvalue weighted by atomic mass is 9.91. The number of amides is 1. The van der Waals surface area contributed by atoms with Crippen molar-refractivity contribution in [1.82, 2.24) is 10.2 Å². The molecule has 1 N–H and O–H groups in total. The van der Waals surface area contributed by atoms with Crippen molar-refractivity contribution in [2.75, 3.05) is 13.7 Å². The summed E-state index contributed by atoms with van der Waals surface area (Å²) in [6, 6.07) is 26.0. The van der Waals surface area contributed by atoms with Gasteiger partial charge in [-0.25, -0.2) is 0 Å². The Kier molecular flexibility index (Phi) is 8.47. The van der Waals surface area contributed by atoms with E-state index < -0.39 is 23.7 Å². The molecule has 0 radical (unpaired) electrons. The summed E-state index contributed by atoms with van der Waals surface area (Å²) in [4.78, 5) is 15.2. The third-order valence-electron chi connectivity index (χ3n) is 5.61. The number of carbonyl (C=O) groups excluding carboxylic acids is 1. The topological polar surface area (TPSA) is 41.6 Å². The zero-order valence-corrected chi connectivity index (χ0v) is 19.3. The summed E-state index contributed by atoms with van der Waals surface area (Å²) in [5, 5.41) is 2.55. The molecule has 0 aliphatic rings. The second-order valence-corrected chi connectivity index (χ2v) is 8.26. The molecular formula is C27H29F3N2O2. The molecule has 0 saturated carbocycles. The molecule has 0 aliphatic carbocycles. The molecule has 0 aromatic heterocycles. The van der Waals surface area contributed by atoms with Gasteiger partial charge in [-0.2, -0.15) is 13.2 Å². The average Bonchev–Trinajstić information content (AvgIpc) is 2.81. The first-order chi connectivity index (χ1) is 16.3. The lowest BCUT2D eigenvalue weighted by Gasteiger charge is -2.35. The van der Waals surface area contributed by atoms with Crippen LogP contribution in [-0.4, -0.2) is 36.7 Å². The number of carbonyl (C=O) groups is 1. The van der Waals surface area contributed by atoms with E-state index in [0.29, 0.717) is 19.6 Å². The maximum atomic E-state index is 14.2. The van der Waals surface area contributed by atoms with Crippen molar-refractivity contribution >= 4 is 5.91 Å². The molecule has 180 valence electrons. The van der Waals surface area contributed by atoms with Crippen molar-refractivity contribution in [2.45, 2.75) is 37.8 Å². The quantitative estimate of drug-likeness (QED) is 0.437. The van der Waals surface area contributed by atoms with Gasteiger partial charge in [-0.1, -0.05) is 91.0 Å². The highest BCUT2D eigenvalue weighted by molar-refractivity contribution is 5.88. The normalized spacial score (nSPS) is 14.4. The Morgan fingerprint density at radius 3 is 1.71 bits per heavy atom. The number of hydrogen-bond donors (Lipinski definition) is 1. The second kappa shape index (κ2) is 11.3. The van der Waals surface area contributed by atoms with Gasteiger partial charge in [0.15, 0.2) is 0 Å². The highest BCUT2D eigenvalue weighted by atomic mass is 19.4. The van der Waals surface area contributed by atoms with Crippen LogP contribution in [0.3, 0.4) is 0 Å². The summed E-state index contributed by atoms with van der Waals surface area (Å²) in [7, 11) is 0.905. The standard InChI is InChI=1S/C27H29F3N2O2/c1-21(31-25(33)26(34-2,27(28,29)30)24-16-10-5-11-17-24)18-32(19-22-12-6-3-7-13-22)20-23-14-8-4-9-15-23/h3-17,21H,18-20H2,1-2H3,(H,31,33)/t21-,26-/m0/s1. The lowest BCUT2D eigenvalue weighted by Crippen LogP contribution is -2.58. The molecule has 3 aromatic carbocycles. The van der Waals surface area contributed by atoms with Gasteiger partial charge in [0.05, 0.1) is 0 Å². The molecule has 0 fully saturated rings. The third-order valence-corrected chi connectivity index (χ3v) is 5.61. The zero-order valence-electron chi connectivity index (χ0n) is 19.3. The summed E-state index contributed by atoms with van der Waals surface area (Å²) >= 11 is 0. The molecule has 34 heavy (non-hydrogen) atoms. The van der Waals surface area contributed by atoms with Gasteiger partial charge in [-0.15, -0.1) is 0 Å². The number of nitrogens with zero attached hydrogens (tertiary/aromatic N) is 1.